The summed E-state index contributed by atoms with van der Waals surface area (Å²) in [5, 5.41) is 4.09. The van der Waals surface area contributed by atoms with Gasteiger partial charge in [0, 0.05) is 28.6 Å². The Morgan fingerprint density at radius 1 is 1.42 bits per heavy atom. The Hall–Kier alpha value is -0.910. The molecular formula is C14H17FN2S2. The minimum absolute atomic E-state index is 0.204. The molecule has 0 amide bonds. The summed E-state index contributed by atoms with van der Waals surface area (Å²) >= 11 is 3.09. The van der Waals surface area contributed by atoms with Crippen LogP contribution in [0.15, 0.2) is 29.3 Å². The van der Waals surface area contributed by atoms with Gasteiger partial charge in [0.25, 0.3) is 0 Å². The Kier molecular flexibility index (Phi) is 4.96. The second-order valence-corrected chi connectivity index (χ2v) is 6.45. The number of thiazole rings is 1. The lowest BCUT2D eigenvalue weighted by Crippen LogP contribution is -2.21. The van der Waals surface area contributed by atoms with Crippen LogP contribution >= 0.6 is 23.1 Å². The van der Waals surface area contributed by atoms with Crippen molar-refractivity contribution >= 4 is 23.1 Å². The summed E-state index contributed by atoms with van der Waals surface area (Å²) in [6.45, 7) is 4.98. The van der Waals surface area contributed by atoms with E-state index >= 15 is 0 Å². The van der Waals surface area contributed by atoms with Crippen LogP contribution in [0.4, 0.5) is 4.39 Å². The van der Waals surface area contributed by atoms with Gasteiger partial charge in [-0.3, -0.25) is 0 Å². The first-order valence-electron chi connectivity index (χ1n) is 6.12. The van der Waals surface area contributed by atoms with E-state index in [-0.39, 0.29) is 5.82 Å². The Bertz CT molecular complexity index is 552. The first-order chi connectivity index (χ1) is 9.11. The molecule has 0 atom stereocenters. The number of nitrogens with one attached hydrogen (secondary N) is 1. The number of hydrogen-bond acceptors (Lipinski definition) is 4. The molecule has 1 heterocycles. The molecule has 0 unspecified atom stereocenters. The number of halogens is 1. The second kappa shape index (κ2) is 6.50. The Morgan fingerprint density at radius 3 is 2.89 bits per heavy atom. The molecule has 0 aliphatic carbocycles. The van der Waals surface area contributed by atoms with Gasteiger partial charge in [0.2, 0.25) is 0 Å². The fraction of sp³-hybridized carbons (Fsp3) is 0.357. The zero-order valence-corrected chi connectivity index (χ0v) is 12.9. The van der Waals surface area contributed by atoms with Crippen molar-refractivity contribution in [2.24, 2.45) is 0 Å². The lowest BCUT2D eigenvalue weighted by molar-refractivity contribution is 0.593. The summed E-state index contributed by atoms with van der Waals surface area (Å²) in [6, 6.07) is 5.58. The SMILES string of the molecule is CSc1cccc(F)c1-c1ncc(CNC(C)C)s1. The van der Waals surface area contributed by atoms with E-state index in [0.29, 0.717) is 11.6 Å². The third-order valence-corrected chi connectivity index (χ3v) is 4.44. The van der Waals surface area contributed by atoms with Gasteiger partial charge >= 0.3 is 0 Å². The van der Waals surface area contributed by atoms with Gasteiger partial charge in [0.1, 0.15) is 10.8 Å². The number of thioether (sulfide) groups is 1. The largest absolute Gasteiger partial charge is 0.310 e. The summed E-state index contributed by atoms with van der Waals surface area (Å²) in [7, 11) is 0. The quantitative estimate of drug-likeness (QED) is 0.838. The molecule has 102 valence electrons. The minimum atomic E-state index is -0.204. The van der Waals surface area contributed by atoms with Crippen LogP contribution in [0.3, 0.4) is 0 Å². The van der Waals surface area contributed by atoms with Gasteiger partial charge in [-0.05, 0) is 18.4 Å². The third kappa shape index (κ3) is 3.55. The number of rotatable bonds is 5. The highest BCUT2D eigenvalue weighted by atomic mass is 32.2. The normalized spacial score (nSPS) is 11.2. The molecule has 0 aliphatic heterocycles. The Labute approximate surface area is 121 Å². The minimum Gasteiger partial charge on any atom is -0.310 e. The van der Waals surface area contributed by atoms with Crippen LogP contribution in [0.2, 0.25) is 0 Å². The molecule has 2 rings (SSSR count). The van der Waals surface area contributed by atoms with Crippen molar-refractivity contribution in [2.45, 2.75) is 31.3 Å². The monoisotopic (exact) mass is 296 g/mol. The average Bonchev–Trinajstić information content (AvgIpc) is 2.84. The molecule has 1 N–H and O–H groups in total. The van der Waals surface area contributed by atoms with E-state index in [1.807, 2.05) is 18.5 Å². The fourth-order valence-electron chi connectivity index (χ4n) is 1.69. The van der Waals surface area contributed by atoms with E-state index in [4.69, 9.17) is 0 Å². The van der Waals surface area contributed by atoms with E-state index in [9.17, 15) is 4.39 Å². The summed E-state index contributed by atoms with van der Waals surface area (Å²) in [4.78, 5) is 6.41. The van der Waals surface area contributed by atoms with Gasteiger partial charge in [0.05, 0.1) is 5.56 Å². The highest BCUT2D eigenvalue weighted by molar-refractivity contribution is 7.98. The van der Waals surface area contributed by atoms with Gasteiger partial charge in [-0.15, -0.1) is 23.1 Å². The summed E-state index contributed by atoms with van der Waals surface area (Å²) < 4.78 is 14.0. The highest BCUT2D eigenvalue weighted by Crippen LogP contribution is 2.34. The second-order valence-electron chi connectivity index (χ2n) is 4.48. The first-order valence-corrected chi connectivity index (χ1v) is 8.17. The van der Waals surface area contributed by atoms with Crippen molar-refractivity contribution in [1.29, 1.82) is 0 Å². The van der Waals surface area contributed by atoms with E-state index < -0.39 is 0 Å². The van der Waals surface area contributed by atoms with Crippen LogP contribution in [0, 0.1) is 5.82 Å². The van der Waals surface area contributed by atoms with E-state index in [0.717, 1.165) is 21.3 Å². The molecule has 0 fully saturated rings. The molecule has 0 bridgehead atoms. The molecule has 19 heavy (non-hydrogen) atoms. The van der Waals surface area contributed by atoms with Crippen molar-refractivity contribution in [3.8, 4) is 10.6 Å². The predicted molar refractivity (Wildman–Crippen MR) is 81.3 cm³/mol. The topological polar surface area (TPSA) is 24.9 Å². The van der Waals surface area contributed by atoms with Crippen LogP contribution in [-0.2, 0) is 6.54 Å². The van der Waals surface area contributed by atoms with Gasteiger partial charge in [-0.25, -0.2) is 9.37 Å². The maximum Gasteiger partial charge on any atom is 0.134 e. The predicted octanol–water partition coefficient (Wildman–Crippen LogP) is 4.17. The molecule has 2 nitrogen and oxygen atoms in total. The molecular weight excluding hydrogens is 279 g/mol. The highest BCUT2D eigenvalue weighted by Gasteiger charge is 2.14. The van der Waals surface area contributed by atoms with Crippen LogP contribution in [0.25, 0.3) is 10.6 Å². The Balaban J connectivity index is 2.28. The Morgan fingerprint density at radius 2 is 2.21 bits per heavy atom. The standard InChI is InChI=1S/C14H17FN2S2/c1-9(2)16-7-10-8-17-14(19-10)13-11(15)5-4-6-12(13)18-3/h4-6,8-9,16H,7H2,1-3H3. The fourth-order valence-corrected chi connectivity index (χ4v) is 3.29. The zero-order chi connectivity index (χ0) is 13.8. The van der Waals surface area contributed by atoms with Crippen LogP contribution in [-0.4, -0.2) is 17.3 Å². The smallest absolute Gasteiger partial charge is 0.134 e. The van der Waals surface area contributed by atoms with Crippen LogP contribution in [0.5, 0.6) is 0 Å². The van der Waals surface area contributed by atoms with Crippen LogP contribution < -0.4 is 5.32 Å². The summed E-state index contributed by atoms with van der Waals surface area (Å²) in [5.41, 5.74) is 0.621. The lowest BCUT2D eigenvalue weighted by Gasteiger charge is -2.06. The molecule has 1 aromatic heterocycles. The summed E-state index contributed by atoms with van der Waals surface area (Å²) in [6.07, 6.45) is 3.78. The summed E-state index contributed by atoms with van der Waals surface area (Å²) in [5.74, 6) is -0.204. The zero-order valence-electron chi connectivity index (χ0n) is 11.2. The molecule has 0 aliphatic rings. The average molecular weight is 296 g/mol. The molecule has 0 spiro atoms. The lowest BCUT2D eigenvalue weighted by atomic mass is 10.2. The van der Waals surface area contributed by atoms with Gasteiger partial charge in [-0.1, -0.05) is 19.9 Å². The van der Waals surface area contributed by atoms with E-state index in [1.165, 1.54) is 6.07 Å². The van der Waals surface area contributed by atoms with Crippen molar-refractivity contribution < 1.29 is 4.39 Å². The van der Waals surface area contributed by atoms with Crippen molar-refractivity contribution in [2.75, 3.05) is 6.26 Å². The third-order valence-electron chi connectivity index (χ3n) is 2.65. The molecule has 2 aromatic rings. The number of nitrogens with zero attached hydrogens (tertiary/aromatic N) is 1. The molecule has 5 heteroatoms. The van der Waals surface area contributed by atoms with E-state index in [1.54, 1.807) is 29.2 Å². The molecule has 0 saturated carbocycles. The van der Waals surface area contributed by atoms with E-state index in [2.05, 4.69) is 24.1 Å². The molecule has 0 saturated heterocycles. The van der Waals surface area contributed by atoms with Crippen molar-refractivity contribution in [3.63, 3.8) is 0 Å². The van der Waals surface area contributed by atoms with Crippen molar-refractivity contribution in [1.82, 2.24) is 10.3 Å². The van der Waals surface area contributed by atoms with Gasteiger partial charge < -0.3 is 5.32 Å². The maximum absolute atomic E-state index is 14.0. The van der Waals surface area contributed by atoms with Crippen LogP contribution in [0.1, 0.15) is 18.7 Å². The molecule has 1 aromatic carbocycles. The number of aromatic nitrogens is 1. The maximum atomic E-state index is 14.0. The van der Waals surface area contributed by atoms with Gasteiger partial charge in [0.15, 0.2) is 0 Å². The van der Waals surface area contributed by atoms with Gasteiger partial charge in [-0.2, -0.15) is 0 Å². The van der Waals surface area contributed by atoms with Crippen molar-refractivity contribution in [3.05, 3.63) is 35.1 Å². The first kappa shape index (κ1) is 14.5. The molecule has 0 radical (unpaired) electrons. The number of benzene rings is 1. The number of hydrogen-bond donors (Lipinski definition) is 1.